The molecule has 0 atom stereocenters. The Bertz CT molecular complexity index is 1060. The van der Waals surface area contributed by atoms with Gasteiger partial charge in [0.1, 0.15) is 0 Å². The van der Waals surface area contributed by atoms with Crippen molar-refractivity contribution in [2.45, 2.75) is 19.5 Å². The summed E-state index contributed by atoms with van der Waals surface area (Å²) >= 11 is 6.03. The van der Waals surface area contributed by atoms with Crippen LogP contribution in [-0.4, -0.2) is 21.4 Å². The van der Waals surface area contributed by atoms with Crippen LogP contribution in [0.5, 0.6) is 0 Å². The quantitative estimate of drug-likeness (QED) is 0.564. The molecule has 0 saturated heterocycles. The maximum Gasteiger partial charge on any atom is 0.269 e. The molecule has 0 fully saturated rings. The highest BCUT2D eigenvalue weighted by atomic mass is 35.5. The normalized spacial score (nSPS) is 14.3. The molecule has 0 amide bonds. The van der Waals surface area contributed by atoms with Crippen molar-refractivity contribution in [1.82, 2.24) is 9.88 Å². The van der Waals surface area contributed by atoms with Crippen LogP contribution in [0.3, 0.4) is 0 Å². The van der Waals surface area contributed by atoms with E-state index in [9.17, 15) is 14.9 Å². The summed E-state index contributed by atoms with van der Waals surface area (Å²) in [5, 5.41) is 11.9. The molecule has 3 aromatic rings. The molecule has 2 aromatic carbocycles. The lowest BCUT2D eigenvalue weighted by Crippen LogP contribution is -2.34. The fraction of sp³-hybridized carbons (Fsp3) is 0.211. The molecule has 1 aromatic heterocycles. The summed E-state index contributed by atoms with van der Waals surface area (Å²) in [5.41, 5.74) is 3.64. The standard InChI is InChI=1S/C19H16ClN3O3/c20-13-3-6-17-15(9-13)19(24)16-11-22(8-7-18(16)21-17)10-12-1-4-14(5-2-12)23(25)26/h1-6,9H,7-8,10-11H2,(H,21,24). The van der Waals surface area contributed by atoms with Crippen molar-refractivity contribution in [3.05, 3.63) is 84.6 Å². The number of aromatic nitrogens is 1. The molecular weight excluding hydrogens is 354 g/mol. The highest BCUT2D eigenvalue weighted by molar-refractivity contribution is 6.31. The molecule has 0 saturated carbocycles. The Hall–Kier alpha value is -2.70. The predicted octanol–water partition coefficient (Wildman–Crippen LogP) is 3.65. The summed E-state index contributed by atoms with van der Waals surface area (Å²) in [7, 11) is 0. The number of nitro groups is 1. The van der Waals surface area contributed by atoms with Gasteiger partial charge in [0.25, 0.3) is 5.69 Å². The number of benzene rings is 2. The number of hydrogen-bond acceptors (Lipinski definition) is 4. The second-order valence-corrected chi connectivity index (χ2v) is 6.92. The van der Waals surface area contributed by atoms with Crippen molar-refractivity contribution in [2.75, 3.05) is 6.54 Å². The predicted molar refractivity (Wildman–Crippen MR) is 100 cm³/mol. The monoisotopic (exact) mass is 369 g/mol. The van der Waals surface area contributed by atoms with Crippen LogP contribution >= 0.6 is 11.6 Å². The lowest BCUT2D eigenvalue weighted by Gasteiger charge is -2.28. The third-order valence-corrected chi connectivity index (χ3v) is 5.00. The van der Waals surface area contributed by atoms with Crippen LogP contribution in [0, 0.1) is 10.1 Å². The number of nitrogens with zero attached hydrogens (tertiary/aromatic N) is 2. The summed E-state index contributed by atoms with van der Waals surface area (Å²) < 4.78 is 0. The van der Waals surface area contributed by atoms with E-state index in [-0.39, 0.29) is 11.1 Å². The molecule has 0 radical (unpaired) electrons. The van der Waals surface area contributed by atoms with Gasteiger partial charge < -0.3 is 4.98 Å². The summed E-state index contributed by atoms with van der Waals surface area (Å²) in [5.74, 6) is 0. The second-order valence-electron chi connectivity index (χ2n) is 6.49. The molecule has 132 valence electrons. The van der Waals surface area contributed by atoms with Crippen molar-refractivity contribution >= 4 is 28.2 Å². The van der Waals surface area contributed by atoms with Gasteiger partial charge in [0.2, 0.25) is 0 Å². The van der Waals surface area contributed by atoms with Crippen molar-refractivity contribution in [1.29, 1.82) is 0 Å². The first-order valence-corrected chi connectivity index (χ1v) is 8.68. The van der Waals surface area contributed by atoms with Gasteiger partial charge in [0, 0.05) is 65.4 Å². The minimum absolute atomic E-state index is 0.0182. The molecule has 2 heterocycles. The van der Waals surface area contributed by atoms with E-state index in [0.29, 0.717) is 23.5 Å². The third-order valence-electron chi connectivity index (χ3n) is 4.76. The van der Waals surface area contributed by atoms with Crippen LogP contribution in [0.1, 0.15) is 16.8 Å². The van der Waals surface area contributed by atoms with Crippen LogP contribution in [-0.2, 0) is 19.5 Å². The molecule has 0 unspecified atom stereocenters. The number of fused-ring (bicyclic) bond motifs is 2. The first kappa shape index (κ1) is 16.8. The molecule has 1 aliphatic rings. The average molecular weight is 370 g/mol. The Labute approximate surface area is 154 Å². The van der Waals surface area contributed by atoms with Gasteiger partial charge in [0.05, 0.1) is 4.92 Å². The van der Waals surface area contributed by atoms with E-state index in [0.717, 1.165) is 35.3 Å². The van der Waals surface area contributed by atoms with Crippen LogP contribution in [0.25, 0.3) is 10.9 Å². The van der Waals surface area contributed by atoms with Gasteiger partial charge in [-0.15, -0.1) is 0 Å². The Morgan fingerprint density at radius 3 is 2.69 bits per heavy atom. The number of hydrogen-bond donors (Lipinski definition) is 1. The lowest BCUT2D eigenvalue weighted by atomic mass is 10.0. The Kier molecular flexibility index (Phi) is 4.22. The molecule has 0 bridgehead atoms. The number of nitrogens with one attached hydrogen (secondary N) is 1. The van der Waals surface area contributed by atoms with E-state index in [1.165, 1.54) is 12.1 Å². The SMILES string of the molecule is O=c1c2c([nH]c3ccc(Cl)cc13)CCN(Cc1ccc([N+](=O)[O-])cc1)C2. The van der Waals surface area contributed by atoms with E-state index in [1.807, 2.05) is 6.07 Å². The molecule has 7 heteroatoms. The average Bonchev–Trinajstić information content (AvgIpc) is 2.63. The van der Waals surface area contributed by atoms with Crippen LogP contribution in [0.4, 0.5) is 5.69 Å². The zero-order chi connectivity index (χ0) is 18.3. The summed E-state index contributed by atoms with van der Waals surface area (Å²) in [6.45, 7) is 2.01. The molecule has 0 aliphatic carbocycles. The molecule has 26 heavy (non-hydrogen) atoms. The molecule has 1 aliphatic heterocycles. The molecule has 0 spiro atoms. The van der Waals surface area contributed by atoms with E-state index in [4.69, 9.17) is 11.6 Å². The summed E-state index contributed by atoms with van der Waals surface area (Å²) in [6, 6.07) is 11.9. The van der Waals surface area contributed by atoms with Gasteiger partial charge in [-0.1, -0.05) is 23.7 Å². The zero-order valence-electron chi connectivity index (χ0n) is 13.9. The van der Waals surface area contributed by atoms with Gasteiger partial charge in [-0.2, -0.15) is 0 Å². The Balaban J connectivity index is 1.61. The van der Waals surface area contributed by atoms with Gasteiger partial charge in [0.15, 0.2) is 5.43 Å². The number of pyridine rings is 1. The van der Waals surface area contributed by atoms with E-state index in [2.05, 4.69) is 9.88 Å². The maximum absolute atomic E-state index is 12.9. The van der Waals surface area contributed by atoms with Crippen molar-refractivity contribution in [3.63, 3.8) is 0 Å². The number of H-pyrrole nitrogens is 1. The molecule has 1 N–H and O–H groups in total. The Morgan fingerprint density at radius 2 is 1.96 bits per heavy atom. The second kappa shape index (κ2) is 6.55. The van der Waals surface area contributed by atoms with Gasteiger partial charge in [-0.25, -0.2) is 0 Å². The van der Waals surface area contributed by atoms with Gasteiger partial charge in [-0.05, 0) is 23.8 Å². The molecule has 6 nitrogen and oxygen atoms in total. The largest absolute Gasteiger partial charge is 0.358 e. The minimum atomic E-state index is -0.406. The van der Waals surface area contributed by atoms with Crippen LogP contribution < -0.4 is 5.43 Å². The fourth-order valence-corrected chi connectivity index (χ4v) is 3.59. The topological polar surface area (TPSA) is 79.2 Å². The van der Waals surface area contributed by atoms with E-state index < -0.39 is 4.92 Å². The number of nitro benzene ring substituents is 1. The number of aromatic amines is 1. The third kappa shape index (κ3) is 3.09. The molecule has 4 rings (SSSR count). The number of non-ortho nitro benzene ring substituents is 1. The van der Waals surface area contributed by atoms with Gasteiger partial charge in [-0.3, -0.25) is 19.8 Å². The lowest BCUT2D eigenvalue weighted by molar-refractivity contribution is -0.384. The first-order valence-electron chi connectivity index (χ1n) is 8.30. The highest BCUT2D eigenvalue weighted by Gasteiger charge is 2.21. The van der Waals surface area contributed by atoms with E-state index >= 15 is 0 Å². The minimum Gasteiger partial charge on any atom is -0.358 e. The van der Waals surface area contributed by atoms with Crippen LogP contribution in [0.15, 0.2) is 47.3 Å². The van der Waals surface area contributed by atoms with E-state index in [1.54, 1.807) is 24.3 Å². The van der Waals surface area contributed by atoms with Crippen molar-refractivity contribution < 1.29 is 4.92 Å². The Morgan fingerprint density at radius 1 is 1.19 bits per heavy atom. The zero-order valence-corrected chi connectivity index (χ0v) is 14.6. The van der Waals surface area contributed by atoms with Crippen molar-refractivity contribution in [2.24, 2.45) is 0 Å². The van der Waals surface area contributed by atoms with Crippen molar-refractivity contribution in [3.8, 4) is 0 Å². The smallest absolute Gasteiger partial charge is 0.269 e. The molecular formula is C19H16ClN3O3. The summed E-state index contributed by atoms with van der Waals surface area (Å²) in [4.78, 5) is 28.7. The number of halogens is 1. The highest BCUT2D eigenvalue weighted by Crippen LogP contribution is 2.22. The first-order chi connectivity index (χ1) is 12.5. The fourth-order valence-electron chi connectivity index (χ4n) is 3.42. The van der Waals surface area contributed by atoms with Gasteiger partial charge >= 0.3 is 0 Å². The van der Waals surface area contributed by atoms with Crippen LogP contribution in [0.2, 0.25) is 5.02 Å². The number of rotatable bonds is 3. The maximum atomic E-state index is 12.9. The summed E-state index contributed by atoms with van der Waals surface area (Å²) in [6.07, 6.45) is 0.760.